The Bertz CT molecular complexity index is 344. The summed E-state index contributed by atoms with van der Waals surface area (Å²) in [6, 6.07) is 6.33. The summed E-state index contributed by atoms with van der Waals surface area (Å²) < 4.78 is 5.92. The van der Waals surface area contributed by atoms with E-state index in [2.05, 4.69) is 32.0 Å². The predicted octanol–water partition coefficient (Wildman–Crippen LogP) is 3.18. The van der Waals surface area contributed by atoms with E-state index in [1.807, 2.05) is 0 Å². The van der Waals surface area contributed by atoms with Crippen LogP contribution in [0.15, 0.2) is 18.2 Å². The maximum absolute atomic E-state index is 5.92. The summed E-state index contributed by atoms with van der Waals surface area (Å²) >= 11 is 5.75. The number of fused-ring (bicyclic) bond motifs is 1. The van der Waals surface area contributed by atoms with Crippen LogP contribution in [0.3, 0.4) is 0 Å². The van der Waals surface area contributed by atoms with Crippen LogP contribution in [0, 0.1) is 0 Å². The molecular formula is C12H15ClO. The highest BCUT2D eigenvalue weighted by molar-refractivity contribution is 6.18. The van der Waals surface area contributed by atoms with Crippen molar-refractivity contribution in [3.63, 3.8) is 0 Å². The molecule has 1 aliphatic rings. The highest BCUT2D eigenvalue weighted by Crippen LogP contribution is 2.37. The molecule has 0 amide bonds. The zero-order valence-corrected chi connectivity index (χ0v) is 9.40. The molecule has 0 bridgehead atoms. The first-order chi connectivity index (χ1) is 6.62. The zero-order chi connectivity index (χ0) is 10.2. The quantitative estimate of drug-likeness (QED) is 0.682. The number of halogens is 1. The summed E-state index contributed by atoms with van der Waals surface area (Å²) in [7, 11) is 0. The van der Waals surface area contributed by atoms with Gasteiger partial charge < -0.3 is 4.74 Å². The van der Waals surface area contributed by atoms with Gasteiger partial charge in [0, 0.05) is 12.3 Å². The lowest BCUT2D eigenvalue weighted by molar-refractivity contribution is 0.137. The number of rotatable bonds is 2. The van der Waals surface area contributed by atoms with Gasteiger partial charge in [-0.1, -0.05) is 18.2 Å². The molecule has 0 saturated carbocycles. The van der Waals surface area contributed by atoms with E-state index in [1.54, 1.807) is 0 Å². The van der Waals surface area contributed by atoms with Crippen LogP contribution >= 0.6 is 11.6 Å². The molecule has 76 valence electrons. The second-order valence-corrected chi connectivity index (χ2v) is 4.76. The Hall–Kier alpha value is -0.690. The van der Waals surface area contributed by atoms with Crippen LogP contribution in [-0.2, 0) is 12.8 Å². The van der Waals surface area contributed by atoms with Crippen molar-refractivity contribution in [1.29, 1.82) is 0 Å². The predicted molar refractivity (Wildman–Crippen MR) is 59.3 cm³/mol. The molecule has 0 aromatic heterocycles. The fourth-order valence-corrected chi connectivity index (χ4v) is 2.18. The summed E-state index contributed by atoms with van der Waals surface area (Å²) in [5.41, 5.74) is 2.51. The molecular weight excluding hydrogens is 196 g/mol. The molecule has 0 spiro atoms. The van der Waals surface area contributed by atoms with Crippen LogP contribution in [0.25, 0.3) is 0 Å². The standard InChI is InChI=1S/C12H15ClO/c1-12(2)8-10-5-3-4-9(6-7-13)11(10)14-12/h3-5H,6-8H2,1-2H3. The van der Waals surface area contributed by atoms with Gasteiger partial charge in [-0.15, -0.1) is 11.6 Å². The van der Waals surface area contributed by atoms with Crippen LogP contribution in [0.5, 0.6) is 5.75 Å². The zero-order valence-electron chi connectivity index (χ0n) is 8.64. The van der Waals surface area contributed by atoms with E-state index >= 15 is 0 Å². The number of para-hydroxylation sites is 1. The van der Waals surface area contributed by atoms with Crippen molar-refractivity contribution in [1.82, 2.24) is 0 Å². The molecule has 2 rings (SSSR count). The van der Waals surface area contributed by atoms with Crippen LogP contribution < -0.4 is 4.74 Å². The molecule has 0 atom stereocenters. The molecule has 0 N–H and O–H groups in total. The van der Waals surface area contributed by atoms with Gasteiger partial charge >= 0.3 is 0 Å². The summed E-state index contributed by atoms with van der Waals surface area (Å²) in [4.78, 5) is 0. The van der Waals surface area contributed by atoms with Gasteiger partial charge in [0.2, 0.25) is 0 Å². The first-order valence-corrected chi connectivity index (χ1v) is 5.51. The summed E-state index contributed by atoms with van der Waals surface area (Å²) in [5.74, 6) is 1.72. The van der Waals surface area contributed by atoms with Gasteiger partial charge in [-0.25, -0.2) is 0 Å². The Labute approximate surface area is 90.0 Å². The minimum absolute atomic E-state index is 0.0508. The van der Waals surface area contributed by atoms with Crippen LogP contribution in [0.1, 0.15) is 25.0 Å². The second-order valence-electron chi connectivity index (χ2n) is 4.38. The minimum Gasteiger partial charge on any atom is -0.487 e. The van der Waals surface area contributed by atoms with Gasteiger partial charge in [0.05, 0.1) is 0 Å². The van der Waals surface area contributed by atoms with Gasteiger partial charge in [0.1, 0.15) is 11.4 Å². The van der Waals surface area contributed by atoms with E-state index in [-0.39, 0.29) is 5.60 Å². The largest absolute Gasteiger partial charge is 0.487 e. The molecule has 0 saturated heterocycles. The van der Waals surface area contributed by atoms with Crippen molar-refractivity contribution in [2.45, 2.75) is 32.3 Å². The maximum Gasteiger partial charge on any atom is 0.126 e. The molecule has 1 aromatic carbocycles. The first kappa shape index (κ1) is 9.85. The normalized spacial score (nSPS) is 17.6. The van der Waals surface area contributed by atoms with E-state index in [0.29, 0.717) is 5.88 Å². The smallest absolute Gasteiger partial charge is 0.126 e. The number of benzene rings is 1. The topological polar surface area (TPSA) is 9.23 Å². The highest BCUT2D eigenvalue weighted by atomic mass is 35.5. The van der Waals surface area contributed by atoms with Crippen LogP contribution in [-0.4, -0.2) is 11.5 Å². The van der Waals surface area contributed by atoms with Gasteiger partial charge in [-0.05, 0) is 31.4 Å². The Kier molecular flexibility index (Phi) is 2.44. The summed E-state index contributed by atoms with van der Waals surface area (Å²) in [6.07, 6.45) is 1.89. The lowest BCUT2D eigenvalue weighted by Crippen LogP contribution is -2.24. The molecule has 14 heavy (non-hydrogen) atoms. The Morgan fingerprint density at radius 3 is 2.93 bits per heavy atom. The number of hydrogen-bond donors (Lipinski definition) is 0. The van der Waals surface area contributed by atoms with Crippen LogP contribution in [0.4, 0.5) is 0 Å². The third kappa shape index (κ3) is 1.74. The summed E-state index contributed by atoms with van der Waals surface area (Å²) in [6.45, 7) is 4.24. The number of hydrogen-bond acceptors (Lipinski definition) is 1. The molecule has 2 heteroatoms. The fraction of sp³-hybridized carbons (Fsp3) is 0.500. The van der Waals surface area contributed by atoms with E-state index in [4.69, 9.17) is 16.3 Å². The van der Waals surface area contributed by atoms with E-state index in [1.165, 1.54) is 11.1 Å². The van der Waals surface area contributed by atoms with Crippen molar-refractivity contribution in [3.05, 3.63) is 29.3 Å². The molecule has 1 nitrogen and oxygen atoms in total. The van der Waals surface area contributed by atoms with Crippen molar-refractivity contribution >= 4 is 11.6 Å². The van der Waals surface area contributed by atoms with Gasteiger partial charge in [0.25, 0.3) is 0 Å². The molecule has 0 fully saturated rings. The number of alkyl halides is 1. The average Bonchev–Trinajstić information content (AvgIpc) is 2.41. The van der Waals surface area contributed by atoms with Crippen molar-refractivity contribution in [2.24, 2.45) is 0 Å². The van der Waals surface area contributed by atoms with Gasteiger partial charge in [0.15, 0.2) is 0 Å². The lowest BCUT2D eigenvalue weighted by atomic mass is 10.00. The lowest BCUT2D eigenvalue weighted by Gasteiger charge is -2.18. The number of ether oxygens (including phenoxy) is 1. The van der Waals surface area contributed by atoms with E-state index in [0.717, 1.165) is 18.6 Å². The molecule has 0 radical (unpaired) electrons. The third-order valence-corrected chi connectivity index (χ3v) is 2.73. The first-order valence-electron chi connectivity index (χ1n) is 4.98. The SMILES string of the molecule is CC1(C)Cc2cccc(CCCl)c2O1. The molecule has 1 heterocycles. The minimum atomic E-state index is -0.0508. The highest BCUT2D eigenvalue weighted by Gasteiger charge is 2.31. The van der Waals surface area contributed by atoms with Gasteiger partial charge in [-0.3, -0.25) is 0 Å². The third-order valence-electron chi connectivity index (χ3n) is 2.54. The Morgan fingerprint density at radius 2 is 2.21 bits per heavy atom. The second kappa shape index (κ2) is 3.47. The molecule has 0 unspecified atom stereocenters. The van der Waals surface area contributed by atoms with Crippen molar-refractivity contribution in [3.8, 4) is 5.75 Å². The Morgan fingerprint density at radius 1 is 1.43 bits per heavy atom. The average molecular weight is 211 g/mol. The molecule has 0 aliphatic carbocycles. The van der Waals surface area contributed by atoms with Crippen molar-refractivity contribution < 1.29 is 4.74 Å². The Balaban J connectivity index is 2.36. The fourth-order valence-electron chi connectivity index (χ4n) is 1.98. The van der Waals surface area contributed by atoms with Gasteiger partial charge in [-0.2, -0.15) is 0 Å². The monoisotopic (exact) mass is 210 g/mol. The molecule has 1 aliphatic heterocycles. The van der Waals surface area contributed by atoms with Crippen LogP contribution in [0.2, 0.25) is 0 Å². The van der Waals surface area contributed by atoms with Crippen molar-refractivity contribution in [2.75, 3.05) is 5.88 Å². The maximum atomic E-state index is 5.92. The number of aryl methyl sites for hydroxylation is 1. The van der Waals surface area contributed by atoms with E-state index < -0.39 is 0 Å². The summed E-state index contributed by atoms with van der Waals surface area (Å²) in [5, 5.41) is 0. The van der Waals surface area contributed by atoms with E-state index in [9.17, 15) is 0 Å². The molecule has 1 aromatic rings.